The highest BCUT2D eigenvalue weighted by Crippen LogP contribution is 2.06. The van der Waals surface area contributed by atoms with Gasteiger partial charge in [-0.25, -0.2) is 0 Å². The first-order valence-corrected chi connectivity index (χ1v) is 5.49. The molecule has 0 saturated heterocycles. The molecule has 0 aliphatic rings. The van der Waals surface area contributed by atoms with E-state index in [1.807, 2.05) is 30.5 Å². The molecule has 0 fully saturated rings. The molecule has 0 aliphatic carbocycles. The predicted octanol–water partition coefficient (Wildman–Crippen LogP) is 1.70. The van der Waals surface area contributed by atoms with E-state index in [1.54, 1.807) is 6.20 Å². The topological polar surface area (TPSA) is 53.6 Å². The van der Waals surface area contributed by atoms with Crippen LogP contribution in [0.1, 0.15) is 24.4 Å². The van der Waals surface area contributed by atoms with E-state index in [9.17, 15) is 0 Å². The van der Waals surface area contributed by atoms with Crippen LogP contribution >= 0.6 is 0 Å². The van der Waals surface area contributed by atoms with Gasteiger partial charge in [0.2, 0.25) is 0 Å². The Morgan fingerprint density at radius 2 is 2.25 bits per heavy atom. The highest BCUT2D eigenvalue weighted by Gasteiger charge is 2.04. The van der Waals surface area contributed by atoms with Gasteiger partial charge in [-0.05, 0) is 25.1 Å². The van der Waals surface area contributed by atoms with Crippen LogP contribution in [0.2, 0.25) is 0 Å². The van der Waals surface area contributed by atoms with Crippen LogP contribution in [-0.2, 0) is 6.42 Å². The second kappa shape index (κ2) is 5.42. The molecular formula is C12H16N4. The van der Waals surface area contributed by atoms with E-state index in [1.165, 1.54) is 0 Å². The van der Waals surface area contributed by atoms with Gasteiger partial charge in [0.15, 0.2) is 0 Å². The maximum Gasteiger partial charge on any atom is 0.0518 e. The fourth-order valence-electron chi connectivity index (χ4n) is 1.58. The molecule has 1 unspecified atom stereocenters. The number of aromatic amines is 1. The summed E-state index contributed by atoms with van der Waals surface area (Å²) in [7, 11) is 0. The normalized spacial score (nSPS) is 12.6. The molecule has 4 heteroatoms. The van der Waals surface area contributed by atoms with Gasteiger partial charge in [-0.15, -0.1) is 0 Å². The fourth-order valence-corrected chi connectivity index (χ4v) is 1.58. The molecule has 1 atom stereocenters. The van der Waals surface area contributed by atoms with Crippen LogP contribution in [0.4, 0.5) is 0 Å². The largest absolute Gasteiger partial charge is 0.308 e. The van der Waals surface area contributed by atoms with E-state index < -0.39 is 0 Å². The van der Waals surface area contributed by atoms with Crippen molar-refractivity contribution >= 4 is 0 Å². The maximum absolute atomic E-state index is 4.28. The second-order valence-electron chi connectivity index (χ2n) is 3.76. The Morgan fingerprint density at radius 1 is 1.31 bits per heavy atom. The lowest BCUT2D eigenvalue weighted by Crippen LogP contribution is -2.21. The Balaban J connectivity index is 1.76. The number of hydrogen-bond acceptors (Lipinski definition) is 3. The zero-order chi connectivity index (χ0) is 11.2. The average molecular weight is 216 g/mol. The molecular weight excluding hydrogens is 200 g/mol. The van der Waals surface area contributed by atoms with Gasteiger partial charge in [-0.2, -0.15) is 5.10 Å². The summed E-state index contributed by atoms with van der Waals surface area (Å²) in [6, 6.07) is 8.28. The number of hydrogen-bond donors (Lipinski definition) is 2. The van der Waals surface area contributed by atoms with E-state index >= 15 is 0 Å². The molecule has 0 aliphatic heterocycles. The first kappa shape index (κ1) is 10.8. The van der Waals surface area contributed by atoms with Crippen LogP contribution in [0.5, 0.6) is 0 Å². The maximum atomic E-state index is 4.28. The van der Waals surface area contributed by atoms with Gasteiger partial charge in [-0.3, -0.25) is 10.1 Å². The minimum absolute atomic E-state index is 0.297. The number of nitrogens with one attached hydrogen (secondary N) is 2. The van der Waals surface area contributed by atoms with Crippen LogP contribution in [0, 0.1) is 0 Å². The number of rotatable bonds is 5. The summed E-state index contributed by atoms with van der Waals surface area (Å²) >= 11 is 0. The minimum Gasteiger partial charge on any atom is -0.308 e. The van der Waals surface area contributed by atoms with Gasteiger partial charge in [0.05, 0.1) is 5.69 Å². The van der Waals surface area contributed by atoms with Crippen LogP contribution in [0.15, 0.2) is 36.7 Å². The Morgan fingerprint density at radius 3 is 2.94 bits per heavy atom. The van der Waals surface area contributed by atoms with Gasteiger partial charge in [0, 0.05) is 37.1 Å². The number of H-pyrrole nitrogens is 1. The van der Waals surface area contributed by atoms with Gasteiger partial charge in [0.1, 0.15) is 0 Å². The molecule has 0 aromatic carbocycles. The van der Waals surface area contributed by atoms with Gasteiger partial charge in [0.25, 0.3) is 0 Å². The zero-order valence-electron chi connectivity index (χ0n) is 9.35. The van der Waals surface area contributed by atoms with Crippen LogP contribution < -0.4 is 5.32 Å². The monoisotopic (exact) mass is 216 g/mol. The van der Waals surface area contributed by atoms with Gasteiger partial charge in [-0.1, -0.05) is 6.07 Å². The molecule has 2 heterocycles. The van der Waals surface area contributed by atoms with Gasteiger partial charge >= 0.3 is 0 Å². The Labute approximate surface area is 95.1 Å². The first-order chi connectivity index (χ1) is 7.86. The SMILES string of the molecule is CC(NCCc1ccccn1)c1ccn[nH]1. The smallest absolute Gasteiger partial charge is 0.0518 e. The summed E-state index contributed by atoms with van der Waals surface area (Å²) in [4.78, 5) is 4.28. The van der Waals surface area contributed by atoms with Crippen molar-refractivity contribution in [2.75, 3.05) is 6.54 Å². The Hall–Kier alpha value is -1.68. The van der Waals surface area contributed by atoms with E-state index in [4.69, 9.17) is 0 Å². The summed E-state index contributed by atoms with van der Waals surface area (Å²) < 4.78 is 0. The summed E-state index contributed by atoms with van der Waals surface area (Å²) in [6.07, 6.45) is 4.54. The van der Waals surface area contributed by atoms with E-state index in [0.717, 1.165) is 24.4 Å². The summed E-state index contributed by atoms with van der Waals surface area (Å²) in [6.45, 7) is 3.03. The van der Waals surface area contributed by atoms with Crippen molar-refractivity contribution in [1.82, 2.24) is 20.5 Å². The quantitative estimate of drug-likeness (QED) is 0.799. The highest BCUT2D eigenvalue weighted by atomic mass is 15.1. The molecule has 0 amide bonds. The van der Waals surface area contributed by atoms with Crippen LogP contribution in [0.25, 0.3) is 0 Å². The molecule has 0 spiro atoms. The zero-order valence-corrected chi connectivity index (χ0v) is 9.35. The fraction of sp³-hybridized carbons (Fsp3) is 0.333. The lowest BCUT2D eigenvalue weighted by Gasteiger charge is -2.11. The molecule has 4 nitrogen and oxygen atoms in total. The molecule has 0 radical (unpaired) electrons. The van der Waals surface area contributed by atoms with Crippen molar-refractivity contribution in [3.05, 3.63) is 48.0 Å². The van der Waals surface area contributed by atoms with E-state index in [-0.39, 0.29) is 0 Å². The standard InChI is InChI=1S/C12H16N4/c1-10(12-6-9-15-16-12)13-8-5-11-4-2-3-7-14-11/h2-4,6-7,9-10,13H,5,8H2,1H3,(H,15,16). The van der Waals surface area contributed by atoms with Crippen LogP contribution in [-0.4, -0.2) is 21.7 Å². The third-order valence-electron chi connectivity index (χ3n) is 2.55. The lowest BCUT2D eigenvalue weighted by molar-refractivity contribution is 0.560. The van der Waals surface area contributed by atoms with Crippen molar-refractivity contribution in [3.63, 3.8) is 0 Å². The third kappa shape index (κ3) is 2.90. The Kier molecular flexibility index (Phi) is 3.66. The van der Waals surface area contributed by atoms with E-state index in [2.05, 4.69) is 27.4 Å². The molecule has 2 rings (SSSR count). The minimum atomic E-state index is 0.297. The first-order valence-electron chi connectivity index (χ1n) is 5.49. The summed E-state index contributed by atoms with van der Waals surface area (Å²) in [5, 5.41) is 10.3. The van der Waals surface area contributed by atoms with Crippen molar-refractivity contribution in [2.45, 2.75) is 19.4 Å². The van der Waals surface area contributed by atoms with Crippen LogP contribution in [0.3, 0.4) is 0 Å². The van der Waals surface area contributed by atoms with Crippen molar-refractivity contribution in [1.29, 1.82) is 0 Å². The number of nitrogens with zero attached hydrogens (tertiary/aromatic N) is 2. The van der Waals surface area contributed by atoms with E-state index in [0.29, 0.717) is 6.04 Å². The highest BCUT2D eigenvalue weighted by molar-refractivity contribution is 5.05. The summed E-state index contributed by atoms with van der Waals surface area (Å²) in [5.41, 5.74) is 2.23. The third-order valence-corrected chi connectivity index (χ3v) is 2.55. The molecule has 16 heavy (non-hydrogen) atoms. The number of aromatic nitrogens is 3. The summed E-state index contributed by atoms with van der Waals surface area (Å²) in [5.74, 6) is 0. The number of pyridine rings is 1. The van der Waals surface area contributed by atoms with Crippen molar-refractivity contribution in [2.24, 2.45) is 0 Å². The molecule has 84 valence electrons. The average Bonchev–Trinajstić information content (AvgIpc) is 2.84. The molecule has 0 bridgehead atoms. The van der Waals surface area contributed by atoms with Crippen molar-refractivity contribution < 1.29 is 0 Å². The molecule has 2 aromatic heterocycles. The van der Waals surface area contributed by atoms with Gasteiger partial charge < -0.3 is 5.32 Å². The molecule has 0 saturated carbocycles. The molecule has 2 aromatic rings. The second-order valence-corrected chi connectivity index (χ2v) is 3.76. The molecule has 2 N–H and O–H groups in total. The predicted molar refractivity (Wildman–Crippen MR) is 62.9 cm³/mol. The van der Waals surface area contributed by atoms with Crippen molar-refractivity contribution in [3.8, 4) is 0 Å². The lowest BCUT2D eigenvalue weighted by atomic mass is 10.2. The Bertz CT molecular complexity index is 396.